The van der Waals surface area contributed by atoms with E-state index in [0.717, 1.165) is 60.7 Å². The Morgan fingerprint density at radius 1 is 1.04 bits per heavy atom. The Kier molecular flexibility index (Phi) is 4.63. The van der Waals surface area contributed by atoms with Crippen molar-refractivity contribution in [2.24, 2.45) is 0 Å². The Balaban J connectivity index is 1.97. The van der Waals surface area contributed by atoms with Gasteiger partial charge in [0.15, 0.2) is 6.29 Å². The summed E-state index contributed by atoms with van der Waals surface area (Å²) in [6.07, 6.45) is 0.929. The van der Waals surface area contributed by atoms with Gasteiger partial charge in [-0.25, -0.2) is 0 Å². The second-order valence-corrected chi connectivity index (χ2v) is 5.93. The number of carbonyl (C=O) groups is 1. The summed E-state index contributed by atoms with van der Waals surface area (Å²) in [7, 11) is 4.04. The molecular formula is C19H22N2O2. The molecule has 0 aromatic heterocycles. The van der Waals surface area contributed by atoms with Crippen molar-refractivity contribution in [3.05, 3.63) is 48.0 Å². The lowest BCUT2D eigenvalue weighted by atomic mass is 9.99. The Morgan fingerprint density at radius 2 is 1.74 bits per heavy atom. The van der Waals surface area contributed by atoms with Gasteiger partial charge in [0.05, 0.1) is 13.2 Å². The maximum Gasteiger partial charge on any atom is 0.150 e. The zero-order chi connectivity index (χ0) is 16.2. The van der Waals surface area contributed by atoms with E-state index < -0.39 is 0 Å². The van der Waals surface area contributed by atoms with Crippen LogP contribution in [0.25, 0.3) is 11.1 Å². The quantitative estimate of drug-likeness (QED) is 0.813. The highest BCUT2D eigenvalue weighted by molar-refractivity contribution is 5.89. The number of aldehydes is 1. The van der Waals surface area contributed by atoms with E-state index in [1.807, 2.05) is 26.2 Å². The molecule has 1 aliphatic rings. The topological polar surface area (TPSA) is 32.8 Å². The molecular weight excluding hydrogens is 288 g/mol. The number of ether oxygens (including phenoxy) is 1. The van der Waals surface area contributed by atoms with Crippen molar-refractivity contribution >= 4 is 17.7 Å². The summed E-state index contributed by atoms with van der Waals surface area (Å²) < 4.78 is 5.41. The van der Waals surface area contributed by atoms with Gasteiger partial charge < -0.3 is 14.5 Å². The fourth-order valence-electron chi connectivity index (χ4n) is 2.85. The van der Waals surface area contributed by atoms with Crippen molar-refractivity contribution in [3.8, 4) is 11.1 Å². The number of hydrogen-bond donors (Lipinski definition) is 0. The van der Waals surface area contributed by atoms with Crippen LogP contribution in [0.2, 0.25) is 0 Å². The molecule has 4 nitrogen and oxygen atoms in total. The van der Waals surface area contributed by atoms with Crippen molar-refractivity contribution in [2.45, 2.75) is 0 Å². The molecule has 23 heavy (non-hydrogen) atoms. The first-order valence-corrected chi connectivity index (χ1v) is 7.89. The number of benzene rings is 2. The number of nitrogens with zero attached hydrogens (tertiary/aromatic N) is 2. The van der Waals surface area contributed by atoms with Crippen LogP contribution in [0.3, 0.4) is 0 Å². The van der Waals surface area contributed by atoms with E-state index in [9.17, 15) is 4.79 Å². The Bertz CT molecular complexity index is 674. The van der Waals surface area contributed by atoms with E-state index in [2.05, 4.69) is 40.1 Å². The normalized spacial score (nSPS) is 14.6. The minimum Gasteiger partial charge on any atom is -0.378 e. The van der Waals surface area contributed by atoms with Crippen molar-refractivity contribution in [1.29, 1.82) is 0 Å². The van der Waals surface area contributed by atoms with Crippen molar-refractivity contribution in [3.63, 3.8) is 0 Å². The first-order chi connectivity index (χ1) is 11.2. The summed E-state index contributed by atoms with van der Waals surface area (Å²) in [4.78, 5) is 15.8. The van der Waals surface area contributed by atoms with E-state index in [0.29, 0.717) is 0 Å². The average Bonchev–Trinajstić information content (AvgIpc) is 2.62. The summed E-state index contributed by atoms with van der Waals surface area (Å²) in [5, 5.41) is 0. The van der Waals surface area contributed by atoms with Crippen molar-refractivity contribution in [1.82, 2.24) is 0 Å². The van der Waals surface area contributed by atoms with Gasteiger partial charge in [0.2, 0.25) is 0 Å². The van der Waals surface area contributed by atoms with Gasteiger partial charge in [-0.05, 0) is 41.5 Å². The van der Waals surface area contributed by atoms with Gasteiger partial charge in [-0.3, -0.25) is 4.79 Å². The largest absolute Gasteiger partial charge is 0.378 e. The first kappa shape index (κ1) is 15.6. The molecule has 0 amide bonds. The third-order valence-corrected chi connectivity index (χ3v) is 4.23. The van der Waals surface area contributed by atoms with E-state index in [4.69, 9.17) is 4.74 Å². The molecule has 2 aromatic carbocycles. The lowest BCUT2D eigenvalue weighted by molar-refractivity contribution is 0.112. The standard InChI is InChI=1S/C19H22N2O2/c1-20(2)17-6-3-15(4-7-17)19-13-18(8-5-16(19)14-22)21-9-11-23-12-10-21/h3-8,13-14H,9-12H2,1-2H3. The third kappa shape index (κ3) is 3.37. The molecule has 0 atom stereocenters. The third-order valence-electron chi connectivity index (χ3n) is 4.23. The Morgan fingerprint density at radius 3 is 2.35 bits per heavy atom. The first-order valence-electron chi connectivity index (χ1n) is 7.89. The highest BCUT2D eigenvalue weighted by atomic mass is 16.5. The van der Waals surface area contributed by atoms with Crippen LogP contribution in [0.1, 0.15) is 10.4 Å². The van der Waals surface area contributed by atoms with Crippen LogP contribution in [0.15, 0.2) is 42.5 Å². The van der Waals surface area contributed by atoms with Gasteiger partial charge in [0.25, 0.3) is 0 Å². The van der Waals surface area contributed by atoms with Gasteiger partial charge >= 0.3 is 0 Å². The molecule has 3 rings (SSSR count). The van der Waals surface area contributed by atoms with Crippen molar-refractivity contribution in [2.75, 3.05) is 50.2 Å². The molecule has 4 heteroatoms. The molecule has 0 bridgehead atoms. The van der Waals surface area contributed by atoms with Gasteiger partial charge in [-0.15, -0.1) is 0 Å². The van der Waals surface area contributed by atoms with Crippen LogP contribution in [0.5, 0.6) is 0 Å². The lowest BCUT2D eigenvalue weighted by Crippen LogP contribution is -2.36. The van der Waals surface area contributed by atoms with Crippen LogP contribution < -0.4 is 9.80 Å². The summed E-state index contributed by atoms with van der Waals surface area (Å²) in [5.74, 6) is 0. The second-order valence-electron chi connectivity index (χ2n) is 5.93. The van der Waals surface area contributed by atoms with Crippen LogP contribution in [-0.2, 0) is 4.74 Å². The molecule has 0 radical (unpaired) electrons. The number of carbonyl (C=O) groups excluding carboxylic acids is 1. The molecule has 1 heterocycles. The lowest BCUT2D eigenvalue weighted by Gasteiger charge is -2.29. The molecule has 0 unspecified atom stereocenters. The monoisotopic (exact) mass is 310 g/mol. The summed E-state index contributed by atoms with van der Waals surface area (Å²) in [6.45, 7) is 3.28. The van der Waals surface area contributed by atoms with Crippen LogP contribution in [-0.4, -0.2) is 46.7 Å². The molecule has 0 spiro atoms. The molecule has 120 valence electrons. The van der Waals surface area contributed by atoms with Crippen LogP contribution >= 0.6 is 0 Å². The molecule has 1 fully saturated rings. The van der Waals surface area contributed by atoms with Gasteiger partial charge in [-0.1, -0.05) is 12.1 Å². The highest BCUT2D eigenvalue weighted by Crippen LogP contribution is 2.29. The highest BCUT2D eigenvalue weighted by Gasteiger charge is 2.14. The summed E-state index contributed by atoms with van der Waals surface area (Å²) in [6, 6.07) is 14.3. The molecule has 0 saturated carbocycles. The van der Waals surface area contributed by atoms with Crippen LogP contribution in [0, 0.1) is 0 Å². The van der Waals surface area contributed by atoms with Crippen LogP contribution in [0.4, 0.5) is 11.4 Å². The molecule has 1 aliphatic heterocycles. The fraction of sp³-hybridized carbons (Fsp3) is 0.316. The minimum absolute atomic E-state index is 0.722. The Hall–Kier alpha value is -2.33. The molecule has 1 saturated heterocycles. The van der Waals surface area contributed by atoms with E-state index in [1.54, 1.807) is 0 Å². The summed E-state index contributed by atoms with van der Waals surface area (Å²) >= 11 is 0. The molecule has 2 aromatic rings. The average molecular weight is 310 g/mol. The summed E-state index contributed by atoms with van der Waals surface area (Å²) in [5.41, 5.74) is 5.05. The van der Waals surface area contributed by atoms with Crippen molar-refractivity contribution < 1.29 is 9.53 Å². The maximum absolute atomic E-state index is 11.4. The van der Waals surface area contributed by atoms with E-state index >= 15 is 0 Å². The minimum atomic E-state index is 0.722. The zero-order valence-corrected chi connectivity index (χ0v) is 13.7. The second kappa shape index (κ2) is 6.84. The number of rotatable bonds is 4. The van der Waals surface area contributed by atoms with Gasteiger partial charge in [0, 0.05) is 44.1 Å². The number of morpholine rings is 1. The smallest absolute Gasteiger partial charge is 0.150 e. The van der Waals surface area contributed by atoms with E-state index in [1.165, 1.54) is 0 Å². The predicted octanol–water partition coefficient (Wildman–Crippen LogP) is 3.07. The van der Waals surface area contributed by atoms with Gasteiger partial charge in [-0.2, -0.15) is 0 Å². The fourth-order valence-corrected chi connectivity index (χ4v) is 2.85. The Labute approximate surface area is 137 Å². The SMILES string of the molecule is CN(C)c1ccc(-c2cc(N3CCOCC3)ccc2C=O)cc1. The molecule has 0 aliphatic carbocycles. The molecule has 0 N–H and O–H groups in total. The zero-order valence-electron chi connectivity index (χ0n) is 13.7. The van der Waals surface area contributed by atoms with E-state index in [-0.39, 0.29) is 0 Å². The number of hydrogen-bond acceptors (Lipinski definition) is 4. The number of anilines is 2. The maximum atomic E-state index is 11.4. The van der Waals surface area contributed by atoms with Gasteiger partial charge in [0.1, 0.15) is 0 Å². The predicted molar refractivity (Wildman–Crippen MR) is 94.6 cm³/mol.